The zero-order chi connectivity index (χ0) is 21.0. The molecule has 6 heteroatoms. The number of aliphatic hydroxyl groups excluding tert-OH is 1. The topological polar surface area (TPSA) is 79.7 Å². The number of aryl methyl sites for hydroxylation is 1. The molecule has 0 bridgehead atoms. The highest BCUT2D eigenvalue weighted by atomic mass is 16.5. The number of benzene rings is 1. The smallest absolute Gasteiger partial charge is 0.295 e. The van der Waals surface area contributed by atoms with E-state index in [0.29, 0.717) is 24.3 Å². The molecule has 1 fully saturated rings. The van der Waals surface area contributed by atoms with Crippen molar-refractivity contribution in [2.45, 2.75) is 39.7 Å². The summed E-state index contributed by atoms with van der Waals surface area (Å²) in [6.07, 6.45) is 4.93. The number of ketones is 1. The van der Waals surface area contributed by atoms with Gasteiger partial charge in [-0.15, -0.1) is 0 Å². The van der Waals surface area contributed by atoms with Gasteiger partial charge < -0.3 is 14.7 Å². The number of hydrogen-bond donors (Lipinski definition) is 1. The summed E-state index contributed by atoms with van der Waals surface area (Å²) in [7, 11) is 0. The Bertz CT molecular complexity index is 937. The summed E-state index contributed by atoms with van der Waals surface area (Å²) in [5.41, 5.74) is 2.12. The molecule has 1 aromatic heterocycles. The molecule has 0 aliphatic carbocycles. The summed E-state index contributed by atoms with van der Waals surface area (Å²) in [5.74, 6) is -0.714. The van der Waals surface area contributed by atoms with Gasteiger partial charge in [0.05, 0.1) is 18.2 Å². The second-order valence-corrected chi connectivity index (χ2v) is 7.05. The molecule has 1 N–H and O–H groups in total. The second kappa shape index (κ2) is 8.90. The monoisotopic (exact) mass is 394 g/mol. The van der Waals surface area contributed by atoms with Crippen LogP contribution in [0.5, 0.6) is 5.75 Å². The van der Waals surface area contributed by atoms with E-state index in [-0.39, 0.29) is 11.3 Å². The van der Waals surface area contributed by atoms with Crippen molar-refractivity contribution < 1.29 is 19.4 Å². The Hall–Kier alpha value is -3.15. The third kappa shape index (κ3) is 4.01. The number of rotatable bonds is 7. The third-order valence-corrected chi connectivity index (χ3v) is 5.04. The maximum absolute atomic E-state index is 12.9. The summed E-state index contributed by atoms with van der Waals surface area (Å²) in [4.78, 5) is 31.3. The van der Waals surface area contributed by atoms with Crippen LogP contribution in [-0.4, -0.2) is 39.8 Å². The van der Waals surface area contributed by atoms with Crippen LogP contribution in [0.4, 0.5) is 0 Å². The minimum atomic E-state index is -0.668. The van der Waals surface area contributed by atoms with Gasteiger partial charge in [-0.3, -0.25) is 14.6 Å². The molecular formula is C23H26N2O4. The maximum Gasteiger partial charge on any atom is 0.295 e. The van der Waals surface area contributed by atoms with Crippen molar-refractivity contribution in [3.05, 3.63) is 65.0 Å². The number of aliphatic hydroxyl groups is 1. The Balaban J connectivity index is 2.12. The molecule has 0 radical (unpaired) electrons. The minimum absolute atomic E-state index is 0.0997. The van der Waals surface area contributed by atoms with Crippen molar-refractivity contribution in [3.63, 3.8) is 0 Å². The number of likely N-dealkylation sites (tertiary alicyclic amines) is 1. The quantitative estimate of drug-likeness (QED) is 0.436. The second-order valence-electron chi connectivity index (χ2n) is 7.05. The molecule has 0 spiro atoms. The van der Waals surface area contributed by atoms with E-state index in [4.69, 9.17) is 4.74 Å². The molecule has 29 heavy (non-hydrogen) atoms. The van der Waals surface area contributed by atoms with E-state index in [9.17, 15) is 14.7 Å². The number of ether oxygens (including phenoxy) is 1. The van der Waals surface area contributed by atoms with Crippen LogP contribution < -0.4 is 4.74 Å². The van der Waals surface area contributed by atoms with Crippen molar-refractivity contribution >= 4 is 17.4 Å². The lowest BCUT2D eigenvalue weighted by Crippen LogP contribution is -2.30. The fraction of sp³-hybridized carbons (Fsp3) is 0.348. The van der Waals surface area contributed by atoms with Crippen LogP contribution >= 0.6 is 0 Å². The fourth-order valence-electron chi connectivity index (χ4n) is 3.59. The van der Waals surface area contributed by atoms with Gasteiger partial charge in [-0.05, 0) is 55.7 Å². The van der Waals surface area contributed by atoms with Crippen LogP contribution in [-0.2, 0) is 9.59 Å². The highest BCUT2D eigenvalue weighted by Crippen LogP contribution is 2.39. The SMILES string of the molecule is CCCCN1C(=O)C(=O)/C(=C(\O)c2ccc(OCC)c(C)c2)C1c1cccnc1. The molecule has 1 atom stereocenters. The predicted molar refractivity (Wildman–Crippen MR) is 111 cm³/mol. The number of amides is 1. The molecule has 1 saturated heterocycles. The van der Waals surface area contributed by atoms with Gasteiger partial charge in [0.1, 0.15) is 11.5 Å². The van der Waals surface area contributed by atoms with Crippen molar-refractivity contribution in [2.24, 2.45) is 0 Å². The molecule has 1 amide bonds. The third-order valence-electron chi connectivity index (χ3n) is 5.04. The molecule has 152 valence electrons. The van der Waals surface area contributed by atoms with Gasteiger partial charge in [0.2, 0.25) is 0 Å². The Morgan fingerprint density at radius 1 is 1.24 bits per heavy atom. The fourth-order valence-corrected chi connectivity index (χ4v) is 3.59. The summed E-state index contributed by atoms with van der Waals surface area (Å²) < 4.78 is 5.55. The average molecular weight is 394 g/mol. The van der Waals surface area contributed by atoms with E-state index < -0.39 is 17.7 Å². The summed E-state index contributed by atoms with van der Waals surface area (Å²) >= 11 is 0. The van der Waals surface area contributed by atoms with Gasteiger partial charge >= 0.3 is 0 Å². The maximum atomic E-state index is 12.9. The van der Waals surface area contributed by atoms with E-state index in [2.05, 4.69) is 4.98 Å². The molecule has 0 saturated carbocycles. The van der Waals surface area contributed by atoms with Gasteiger partial charge in [0.25, 0.3) is 11.7 Å². The summed E-state index contributed by atoms with van der Waals surface area (Å²) in [5, 5.41) is 11.0. The number of unbranched alkanes of at least 4 members (excludes halogenated alkanes) is 1. The molecular weight excluding hydrogens is 368 g/mol. The van der Waals surface area contributed by atoms with Crippen molar-refractivity contribution in [2.75, 3.05) is 13.2 Å². The van der Waals surface area contributed by atoms with E-state index in [1.807, 2.05) is 26.8 Å². The predicted octanol–water partition coefficient (Wildman–Crippen LogP) is 4.01. The normalized spacial score (nSPS) is 18.3. The number of Topliss-reactive ketones (excluding diaryl/α,β-unsaturated/α-hetero) is 1. The molecule has 1 aromatic carbocycles. The van der Waals surface area contributed by atoms with E-state index in [0.717, 1.165) is 24.2 Å². The number of aromatic nitrogens is 1. The standard InChI is InChI=1S/C23H26N2O4/c1-4-6-12-25-20(17-8-7-11-24-14-17)19(22(27)23(25)28)21(26)16-9-10-18(29-5-2)15(3)13-16/h7-11,13-14,20,26H,4-6,12H2,1-3H3/b21-19-. The van der Waals surface area contributed by atoms with Crippen LogP contribution in [0.2, 0.25) is 0 Å². The first-order chi connectivity index (χ1) is 14.0. The van der Waals surface area contributed by atoms with Crippen molar-refractivity contribution in [3.8, 4) is 5.75 Å². The lowest BCUT2D eigenvalue weighted by molar-refractivity contribution is -0.139. The molecule has 6 nitrogen and oxygen atoms in total. The van der Waals surface area contributed by atoms with E-state index in [1.54, 1.807) is 36.7 Å². The van der Waals surface area contributed by atoms with Gasteiger partial charge in [0, 0.05) is 24.5 Å². The van der Waals surface area contributed by atoms with Gasteiger partial charge in [-0.25, -0.2) is 0 Å². The molecule has 2 heterocycles. The number of carbonyl (C=O) groups is 2. The molecule has 1 aliphatic rings. The first-order valence-electron chi connectivity index (χ1n) is 9.91. The Kier molecular flexibility index (Phi) is 6.32. The Morgan fingerprint density at radius 2 is 2.03 bits per heavy atom. The highest BCUT2D eigenvalue weighted by Gasteiger charge is 2.45. The highest BCUT2D eigenvalue weighted by molar-refractivity contribution is 6.46. The number of nitrogens with zero attached hydrogens (tertiary/aromatic N) is 2. The van der Waals surface area contributed by atoms with Crippen LogP contribution in [0.25, 0.3) is 5.76 Å². The van der Waals surface area contributed by atoms with Gasteiger partial charge in [0.15, 0.2) is 0 Å². The van der Waals surface area contributed by atoms with Crippen LogP contribution in [0.15, 0.2) is 48.3 Å². The van der Waals surface area contributed by atoms with Crippen molar-refractivity contribution in [1.29, 1.82) is 0 Å². The van der Waals surface area contributed by atoms with Crippen LogP contribution in [0.3, 0.4) is 0 Å². The van der Waals surface area contributed by atoms with Gasteiger partial charge in [-0.2, -0.15) is 0 Å². The van der Waals surface area contributed by atoms with E-state index >= 15 is 0 Å². The van der Waals surface area contributed by atoms with E-state index in [1.165, 1.54) is 4.90 Å². The number of carbonyl (C=O) groups excluding carboxylic acids is 2. The number of hydrogen-bond acceptors (Lipinski definition) is 5. The minimum Gasteiger partial charge on any atom is -0.507 e. The molecule has 1 unspecified atom stereocenters. The molecule has 1 aliphatic heterocycles. The number of pyridine rings is 1. The Morgan fingerprint density at radius 3 is 2.66 bits per heavy atom. The molecule has 3 rings (SSSR count). The average Bonchev–Trinajstić information content (AvgIpc) is 2.98. The Labute approximate surface area is 170 Å². The van der Waals surface area contributed by atoms with Crippen LogP contribution in [0, 0.1) is 6.92 Å². The van der Waals surface area contributed by atoms with Gasteiger partial charge in [-0.1, -0.05) is 19.4 Å². The first-order valence-corrected chi connectivity index (χ1v) is 9.91. The zero-order valence-electron chi connectivity index (χ0n) is 17.0. The summed E-state index contributed by atoms with van der Waals surface area (Å²) in [6.45, 7) is 6.78. The van der Waals surface area contributed by atoms with Crippen LogP contribution in [0.1, 0.15) is 49.4 Å². The lowest BCUT2D eigenvalue weighted by Gasteiger charge is -2.25. The summed E-state index contributed by atoms with van der Waals surface area (Å²) in [6, 6.07) is 8.16. The molecule has 2 aromatic rings. The first kappa shape index (κ1) is 20.6. The van der Waals surface area contributed by atoms with Crippen molar-refractivity contribution in [1.82, 2.24) is 9.88 Å². The lowest BCUT2D eigenvalue weighted by atomic mass is 9.95. The zero-order valence-corrected chi connectivity index (χ0v) is 17.0. The largest absolute Gasteiger partial charge is 0.507 e.